The van der Waals surface area contributed by atoms with Gasteiger partial charge in [-0.3, -0.25) is 15.2 Å². The number of H-pyrrole nitrogens is 1. The summed E-state index contributed by atoms with van der Waals surface area (Å²) in [6.45, 7) is 1.66. The van der Waals surface area contributed by atoms with Gasteiger partial charge in [-0.1, -0.05) is 11.8 Å². The van der Waals surface area contributed by atoms with Crippen LogP contribution < -0.4 is 20.1 Å². The molecule has 9 nitrogen and oxygen atoms in total. The minimum absolute atomic E-state index is 0.382. The van der Waals surface area contributed by atoms with Crippen LogP contribution in [0.2, 0.25) is 0 Å². The fourth-order valence-corrected chi connectivity index (χ4v) is 2.63. The van der Waals surface area contributed by atoms with Gasteiger partial charge in [-0.15, -0.1) is 5.10 Å². The van der Waals surface area contributed by atoms with Crippen molar-refractivity contribution in [2.45, 2.75) is 17.3 Å². The number of benzene rings is 1. The van der Waals surface area contributed by atoms with Gasteiger partial charge in [0.15, 0.2) is 5.82 Å². The number of carbonyl (C=O) groups is 2. The number of ether oxygens (including phenoxy) is 2. The van der Waals surface area contributed by atoms with E-state index in [-0.39, 0.29) is 0 Å². The van der Waals surface area contributed by atoms with Crippen molar-refractivity contribution < 1.29 is 19.1 Å². The van der Waals surface area contributed by atoms with E-state index in [0.717, 1.165) is 11.8 Å². The molecule has 3 N–H and O–H groups in total. The number of amides is 3. The predicted octanol–water partition coefficient (Wildman–Crippen LogP) is 1.43. The summed E-state index contributed by atoms with van der Waals surface area (Å²) in [6, 6.07) is 4.77. The Morgan fingerprint density at radius 3 is 2.68 bits per heavy atom. The van der Waals surface area contributed by atoms with Crippen LogP contribution in [0.5, 0.6) is 11.5 Å². The molecule has 0 spiro atoms. The smallest absolute Gasteiger partial charge is 0.321 e. The van der Waals surface area contributed by atoms with E-state index in [1.165, 1.54) is 7.05 Å². The topological polar surface area (TPSA) is 118 Å². The molecule has 2 aromatic rings. The monoisotopic (exact) mass is 365 g/mol. The Hall–Kier alpha value is -2.75. The number of hydrogen-bond acceptors (Lipinski definition) is 7. The zero-order valence-corrected chi connectivity index (χ0v) is 15.1. The molecule has 3 amide bonds. The van der Waals surface area contributed by atoms with Gasteiger partial charge in [-0.05, 0) is 19.1 Å². The Morgan fingerprint density at radius 1 is 1.28 bits per heavy atom. The Labute approximate surface area is 148 Å². The fraction of sp³-hybridized carbons (Fsp3) is 0.333. The van der Waals surface area contributed by atoms with Crippen LogP contribution in [0.15, 0.2) is 23.4 Å². The average Bonchev–Trinajstić information content (AvgIpc) is 3.08. The van der Waals surface area contributed by atoms with Gasteiger partial charge in [-0.2, -0.15) is 0 Å². The first-order valence-corrected chi connectivity index (χ1v) is 8.20. The molecule has 1 aromatic carbocycles. The molecular weight excluding hydrogens is 346 g/mol. The van der Waals surface area contributed by atoms with E-state index in [2.05, 4.69) is 25.8 Å². The highest BCUT2D eigenvalue weighted by molar-refractivity contribution is 8.00. The van der Waals surface area contributed by atoms with Gasteiger partial charge in [0.1, 0.15) is 11.5 Å². The Bertz CT molecular complexity index is 764. The highest BCUT2D eigenvalue weighted by Crippen LogP contribution is 2.32. The van der Waals surface area contributed by atoms with Crippen molar-refractivity contribution in [3.8, 4) is 22.9 Å². The number of nitrogens with one attached hydrogen (secondary N) is 3. The first-order chi connectivity index (χ1) is 12.0. The number of aromatic nitrogens is 3. The summed E-state index contributed by atoms with van der Waals surface area (Å²) >= 11 is 1.13. The average molecular weight is 365 g/mol. The van der Waals surface area contributed by atoms with Crippen LogP contribution in [-0.2, 0) is 4.79 Å². The van der Waals surface area contributed by atoms with Gasteiger partial charge in [0.2, 0.25) is 11.1 Å². The molecule has 2 rings (SSSR count). The van der Waals surface area contributed by atoms with Crippen molar-refractivity contribution in [2.24, 2.45) is 0 Å². The normalized spacial score (nSPS) is 11.5. The number of rotatable bonds is 6. The first kappa shape index (κ1) is 18.6. The van der Waals surface area contributed by atoms with Gasteiger partial charge in [0, 0.05) is 13.1 Å². The molecule has 1 atom stereocenters. The molecule has 0 aliphatic heterocycles. The number of carbonyl (C=O) groups excluding carboxylic acids is 2. The zero-order chi connectivity index (χ0) is 18.4. The van der Waals surface area contributed by atoms with Crippen LogP contribution in [-0.4, -0.2) is 53.6 Å². The number of aromatic amines is 1. The number of nitrogens with zero attached hydrogens (tertiary/aromatic N) is 2. The van der Waals surface area contributed by atoms with Crippen LogP contribution in [0.25, 0.3) is 11.4 Å². The highest BCUT2D eigenvalue weighted by Gasteiger charge is 2.20. The van der Waals surface area contributed by atoms with Crippen molar-refractivity contribution in [2.75, 3.05) is 21.3 Å². The molecule has 0 radical (unpaired) electrons. The second-order valence-electron chi connectivity index (χ2n) is 4.86. The molecule has 10 heteroatoms. The van der Waals surface area contributed by atoms with E-state index in [1.807, 2.05) is 0 Å². The number of hydrogen-bond donors (Lipinski definition) is 3. The Kier molecular flexibility index (Phi) is 6.23. The fourth-order valence-electron chi connectivity index (χ4n) is 1.90. The summed E-state index contributed by atoms with van der Waals surface area (Å²) in [6.07, 6.45) is 0. The third-order valence-electron chi connectivity index (χ3n) is 3.24. The highest BCUT2D eigenvalue weighted by atomic mass is 32.2. The molecule has 134 valence electrons. The standard InChI is InChI=1S/C15H19N5O4S/c1-8(13(21)18-14(22)16-2)25-15-17-12(19-20-15)10-6-5-9(23-3)7-11(10)24-4/h5-8H,1-4H3,(H,17,19,20)(H2,16,18,21,22). The minimum atomic E-state index is -0.559. The summed E-state index contributed by atoms with van der Waals surface area (Å²) in [5.74, 6) is 1.31. The Morgan fingerprint density at radius 2 is 2.04 bits per heavy atom. The summed E-state index contributed by atoms with van der Waals surface area (Å²) in [7, 11) is 4.56. The van der Waals surface area contributed by atoms with Crippen LogP contribution >= 0.6 is 11.8 Å². The molecule has 1 aromatic heterocycles. The second kappa shape index (κ2) is 8.38. The van der Waals surface area contributed by atoms with Gasteiger partial charge >= 0.3 is 6.03 Å². The molecular formula is C15H19N5O4S. The van der Waals surface area contributed by atoms with Crippen molar-refractivity contribution in [1.29, 1.82) is 0 Å². The zero-order valence-electron chi connectivity index (χ0n) is 14.2. The summed E-state index contributed by atoms with van der Waals surface area (Å²) in [5.41, 5.74) is 0.713. The SMILES string of the molecule is CNC(=O)NC(=O)C(C)Sc1n[nH]c(-c2ccc(OC)cc2OC)n1. The molecule has 0 aliphatic carbocycles. The van der Waals surface area contributed by atoms with E-state index in [1.54, 1.807) is 39.3 Å². The predicted molar refractivity (Wildman–Crippen MR) is 92.8 cm³/mol. The van der Waals surface area contributed by atoms with Crippen molar-refractivity contribution >= 4 is 23.7 Å². The number of thioether (sulfide) groups is 1. The van der Waals surface area contributed by atoms with E-state index >= 15 is 0 Å². The second-order valence-corrected chi connectivity index (χ2v) is 6.17. The maximum Gasteiger partial charge on any atom is 0.321 e. The maximum atomic E-state index is 11.9. The van der Waals surface area contributed by atoms with Crippen molar-refractivity contribution in [3.63, 3.8) is 0 Å². The lowest BCUT2D eigenvalue weighted by Gasteiger charge is -2.08. The molecule has 0 bridgehead atoms. The molecule has 0 saturated carbocycles. The lowest BCUT2D eigenvalue weighted by molar-refractivity contribution is -0.119. The Balaban J connectivity index is 2.12. The number of imide groups is 1. The van der Waals surface area contributed by atoms with Crippen LogP contribution in [0.1, 0.15) is 6.92 Å². The van der Waals surface area contributed by atoms with Crippen LogP contribution in [0.3, 0.4) is 0 Å². The minimum Gasteiger partial charge on any atom is -0.497 e. The van der Waals surface area contributed by atoms with Gasteiger partial charge in [0.25, 0.3) is 0 Å². The molecule has 25 heavy (non-hydrogen) atoms. The van der Waals surface area contributed by atoms with Crippen molar-refractivity contribution in [3.05, 3.63) is 18.2 Å². The molecule has 0 saturated heterocycles. The third kappa shape index (κ3) is 4.63. The van der Waals surface area contributed by atoms with Crippen LogP contribution in [0, 0.1) is 0 Å². The lowest BCUT2D eigenvalue weighted by Crippen LogP contribution is -2.41. The van der Waals surface area contributed by atoms with E-state index in [0.29, 0.717) is 28.0 Å². The molecule has 0 fully saturated rings. The number of urea groups is 1. The molecule has 1 heterocycles. The van der Waals surface area contributed by atoms with E-state index in [4.69, 9.17) is 9.47 Å². The summed E-state index contributed by atoms with van der Waals surface area (Å²) in [5, 5.41) is 11.3. The third-order valence-corrected chi connectivity index (χ3v) is 4.20. The first-order valence-electron chi connectivity index (χ1n) is 7.32. The van der Waals surface area contributed by atoms with Crippen molar-refractivity contribution in [1.82, 2.24) is 25.8 Å². The van der Waals surface area contributed by atoms with Gasteiger partial charge in [-0.25, -0.2) is 9.78 Å². The summed E-state index contributed by atoms with van der Waals surface area (Å²) in [4.78, 5) is 27.4. The molecule has 0 aliphatic rings. The van der Waals surface area contributed by atoms with Gasteiger partial charge in [0.05, 0.1) is 25.0 Å². The summed E-state index contributed by atoms with van der Waals surface area (Å²) < 4.78 is 10.5. The van der Waals surface area contributed by atoms with Gasteiger partial charge < -0.3 is 14.8 Å². The largest absolute Gasteiger partial charge is 0.497 e. The number of methoxy groups -OCH3 is 2. The maximum absolute atomic E-state index is 11.9. The molecule has 1 unspecified atom stereocenters. The lowest BCUT2D eigenvalue weighted by atomic mass is 10.2. The van der Waals surface area contributed by atoms with E-state index < -0.39 is 17.2 Å². The quantitative estimate of drug-likeness (QED) is 0.663. The van der Waals surface area contributed by atoms with E-state index in [9.17, 15) is 9.59 Å². The van der Waals surface area contributed by atoms with Crippen LogP contribution in [0.4, 0.5) is 4.79 Å².